The molecule has 8 heteroatoms. The van der Waals surface area contributed by atoms with Crippen LogP contribution in [-0.2, 0) is 9.53 Å². The van der Waals surface area contributed by atoms with Crippen LogP contribution in [0.5, 0.6) is 17.2 Å². The molecule has 164 valence electrons. The van der Waals surface area contributed by atoms with Crippen LogP contribution in [0.1, 0.15) is 41.0 Å². The van der Waals surface area contributed by atoms with Gasteiger partial charge in [-0.1, -0.05) is 19.1 Å². The highest BCUT2D eigenvalue weighted by Gasteiger charge is 2.23. The quantitative estimate of drug-likeness (QED) is 0.485. The Morgan fingerprint density at radius 3 is 2.52 bits per heavy atom. The number of carbonyl (C=O) groups is 3. The van der Waals surface area contributed by atoms with Crippen molar-refractivity contribution in [1.29, 1.82) is 0 Å². The predicted molar refractivity (Wildman–Crippen MR) is 112 cm³/mol. The molecule has 1 aliphatic rings. The molecule has 1 amide bonds. The van der Waals surface area contributed by atoms with Crippen LogP contribution in [-0.4, -0.2) is 50.1 Å². The molecule has 0 saturated carbocycles. The minimum atomic E-state index is -0.872. The highest BCUT2D eigenvalue weighted by Crippen LogP contribution is 2.30. The van der Waals surface area contributed by atoms with E-state index in [9.17, 15) is 14.4 Å². The summed E-state index contributed by atoms with van der Waals surface area (Å²) in [6, 6.07) is 11.5. The largest absolute Gasteiger partial charge is 0.486 e. The molecular formula is C23H25NO7. The number of ether oxygens (including phenoxy) is 4. The van der Waals surface area contributed by atoms with E-state index in [-0.39, 0.29) is 30.2 Å². The number of nitrogens with one attached hydrogen (secondary N) is 1. The van der Waals surface area contributed by atoms with Crippen LogP contribution < -0.4 is 19.5 Å². The molecule has 0 fully saturated rings. The first-order valence-electron chi connectivity index (χ1n) is 10.2. The molecule has 0 saturated heterocycles. The Kier molecular flexibility index (Phi) is 7.48. The molecule has 1 heterocycles. The highest BCUT2D eigenvalue weighted by molar-refractivity contribution is 6.00. The molecule has 0 aromatic heterocycles. The average Bonchev–Trinajstić information content (AvgIpc) is 2.80. The molecule has 2 aromatic carbocycles. The zero-order valence-electron chi connectivity index (χ0n) is 17.5. The average molecular weight is 427 g/mol. The summed E-state index contributed by atoms with van der Waals surface area (Å²) in [4.78, 5) is 37.2. The third kappa shape index (κ3) is 5.53. The normalized spacial score (nSPS) is 13.1. The fraction of sp³-hybridized carbons (Fsp3) is 0.348. The van der Waals surface area contributed by atoms with Crippen LogP contribution in [0.25, 0.3) is 0 Å². The number of ketones is 1. The van der Waals surface area contributed by atoms with Crippen molar-refractivity contribution >= 4 is 17.7 Å². The minimum absolute atomic E-state index is 0.197. The number of carbonyl (C=O) groups excluding carboxylic acids is 3. The molecular weight excluding hydrogens is 402 g/mol. The third-order valence-electron chi connectivity index (χ3n) is 4.60. The monoisotopic (exact) mass is 427 g/mol. The predicted octanol–water partition coefficient (Wildman–Crippen LogP) is 2.79. The van der Waals surface area contributed by atoms with E-state index in [4.69, 9.17) is 18.9 Å². The minimum Gasteiger partial charge on any atom is -0.486 e. The second-order valence-corrected chi connectivity index (χ2v) is 6.73. The van der Waals surface area contributed by atoms with Gasteiger partial charge in [0, 0.05) is 5.56 Å². The maximum Gasteiger partial charge on any atom is 0.341 e. The van der Waals surface area contributed by atoms with E-state index < -0.39 is 18.0 Å². The first-order valence-corrected chi connectivity index (χ1v) is 10.2. The number of hydrogen-bond donors (Lipinski definition) is 1. The van der Waals surface area contributed by atoms with Gasteiger partial charge in [0.15, 0.2) is 23.4 Å². The van der Waals surface area contributed by atoms with Crippen LogP contribution in [0, 0.1) is 0 Å². The Hall–Kier alpha value is -3.55. The SMILES string of the molecule is CCOC(=O)c1ccccc1O[C@H](CC)C(=O)NCC(=O)c1ccc2c(c1)OCCO2. The lowest BCUT2D eigenvalue weighted by molar-refractivity contribution is -0.127. The third-order valence-corrected chi connectivity index (χ3v) is 4.60. The lowest BCUT2D eigenvalue weighted by Gasteiger charge is -2.19. The molecule has 0 aliphatic carbocycles. The number of benzene rings is 2. The Balaban J connectivity index is 1.62. The standard InChI is InChI=1S/C23H25NO7/c1-3-18(31-19-8-6-5-7-16(19)23(27)28-4-2)22(26)24-14-17(25)15-9-10-20-21(13-15)30-12-11-29-20/h5-10,13,18H,3-4,11-12,14H2,1-2H3,(H,24,26)/t18-/m1/s1. The molecule has 0 spiro atoms. The van der Waals surface area contributed by atoms with Crippen LogP contribution >= 0.6 is 0 Å². The molecule has 0 radical (unpaired) electrons. The molecule has 3 rings (SSSR count). The van der Waals surface area contributed by atoms with Gasteiger partial charge < -0.3 is 24.3 Å². The lowest BCUT2D eigenvalue weighted by atomic mass is 10.1. The summed E-state index contributed by atoms with van der Waals surface area (Å²) in [5, 5.41) is 2.60. The number of rotatable bonds is 9. The topological polar surface area (TPSA) is 100 Å². The van der Waals surface area contributed by atoms with Gasteiger partial charge in [-0.2, -0.15) is 0 Å². The highest BCUT2D eigenvalue weighted by atomic mass is 16.6. The van der Waals surface area contributed by atoms with Gasteiger partial charge in [0.05, 0.1) is 13.2 Å². The second kappa shape index (κ2) is 10.5. The fourth-order valence-electron chi connectivity index (χ4n) is 3.02. The van der Waals surface area contributed by atoms with Gasteiger partial charge in [-0.3, -0.25) is 9.59 Å². The van der Waals surface area contributed by atoms with Crippen LogP contribution in [0.3, 0.4) is 0 Å². The van der Waals surface area contributed by atoms with Crippen molar-refractivity contribution in [1.82, 2.24) is 5.32 Å². The Bertz CT molecular complexity index is 957. The number of amides is 1. The summed E-state index contributed by atoms with van der Waals surface area (Å²) in [6.45, 7) is 4.41. The van der Waals surface area contributed by atoms with Gasteiger partial charge in [-0.25, -0.2) is 4.79 Å². The molecule has 0 bridgehead atoms. The van der Waals surface area contributed by atoms with Crippen molar-refractivity contribution < 1.29 is 33.3 Å². The summed E-state index contributed by atoms with van der Waals surface area (Å²) in [6.07, 6.45) is -0.523. The first kappa shape index (κ1) is 22.1. The van der Waals surface area contributed by atoms with Crippen LogP contribution in [0.2, 0.25) is 0 Å². The van der Waals surface area contributed by atoms with Crippen molar-refractivity contribution in [2.45, 2.75) is 26.4 Å². The van der Waals surface area contributed by atoms with E-state index in [1.807, 2.05) is 0 Å². The summed E-state index contributed by atoms with van der Waals surface area (Å²) < 4.78 is 21.7. The number of para-hydroxylation sites is 1. The van der Waals surface area contributed by atoms with E-state index in [0.29, 0.717) is 36.7 Å². The summed E-state index contributed by atoms with van der Waals surface area (Å²) in [5.74, 6) is 0.0997. The Morgan fingerprint density at radius 2 is 1.77 bits per heavy atom. The first-order chi connectivity index (χ1) is 15.0. The summed E-state index contributed by atoms with van der Waals surface area (Å²) in [7, 11) is 0. The lowest BCUT2D eigenvalue weighted by Crippen LogP contribution is -2.40. The summed E-state index contributed by atoms with van der Waals surface area (Å²) >= 11 is 0. The second-order valence-electron chi connectivity index (χ2n) is 6.73. The molecule has 8 nitrogen and oxygen atoms in total. The maximum absolute atomic E-state index is 12.6. The molecule has 0 unspecified atom stereocenters. The molecule has 31 heavy (non-hydrogen) atoms. The molecule has 2 aromatic rings. The number of Topliss-reactive ketones (excluding diaryl/α,β-unsaturated/α-hetero) is 1. The smallest absolute Gasteiger partial charge is 0.341 e. The number of esters is 1. The van der Waals surface area contributed by atoms with Gasteiger partial charge >= 0.3 is 5.97 Å². The van der Waals surface area contributed by atoms with Crippen molar-refractivity contribution in [2.24, 2.45) is 0 Å². The van der Waals surface area contributed by atoms with E-state index in [2.05, 4.69) is 5.32 Å². The van der Waals surface area contributed by atoms with Gasteiger partial charge in [0.25, 0.3) is 5.91 Å². The van der Waals surface area contributed by atoms with Gasteiger partial charge in [0.2, 0.25) is 0 Å². The van der Waals surface area contributed by atoms with Crippen LogP contribution in [0.4, 0.5) is 0 Å². The van der Waals surface area contributed by atoms with E-state index in [1.165, 1.54) is 0 Å². The number of hydrogen-bond acceptors (Lipinski definition) is 7. The van der Waals surface area contributed by atoms with Crippen molar-refractivity contribution in [2.75, 3.05) is 26.4 Å². The van der Waals surface area contributed by atoms with E-state index >= 15 is 0 Å². The maximum atomic E-state index is 12.6. The summed E-state index contributed by atoms with van der Waals surface area (Å²) in [5.41, 5.74) is 0.647. The Morgan fingerprint density at radius 1 is 1.03 bits per heavy atom. The van der Waals surface area contributed by atoms with Gasteiger partial charge in [0.1, 0.15) is 24.5 Å². The van der Waals surface area contributed by atoms with Crippen molar-refractivity contribution in [3.05, 3.63) is 53.6 Å². The zero-order valence-corrected chi connectivity index (χ0v) is 17.5. The molecule has 1 aliphatic heterocycles. The molecule has 1 N–H and O–H groups in total. The van der Waals surface area contributed by atoms with Crippen molar-refractivity contribution in [3.8, 4) is 17.2 Å². The zero-order chi connectivity index (χ0) is 22.2. The molecule has 1 atom stereocenters. The van der Waals surface area contributed by atoms with Gasteiger partial charge in [-0.15, -0.1) is 0 Å². The van der Waals surface area contributed by atoms with E-state index in [0.717, 1.165) is 0 Å². The van der Waals surface area contributed by atoms with Gasteiger partial charge in [-0.05, 0) is 43.7 Å². The number of fused-ring (bicyclic) bond motifs is 1. The van der Waals surface area contributed by atoms with E-state index in [1.54, 1.807) is 56.3 Å². The van der Waals surface area contributed by atoms with Crippen LogP contribution in [0.15, 0.2) is 42.5 Å². The fourth-order valence-corrected chi connectivity index (χ4v) is 3.02. The van der Waals surface area contributed by atoms with Crippen molar-refractivity contribution in [3.63, 3.8) is 0 Å². The Labute approximate surface area is 180 Å².